The molecule has 4 heteroatoms. The van der Waals surface area contributed by atoms with Crippen LogP contribution < -0.4 is 5.73 Å². The molecule has 19 heavy (non-hydrogen) atoms. The molecule has 0 spiro atoms. The van der Waals surface area contributed by atoms with Gasteiger partial charge in [0.2, 0.25) is 0 Å². The Morgan fingerprint density at radius 2 is 2.16 bits per heavy atom. The number of pyridine rings is 1. The van der Waals surface area contributed by atoms with Gasteiger partial charge >= 0.3 is 0 Å². The Labute approximate surface area is 115 Å². The summed E-state index contributed by atoms with van der Waals surface area (Å²) in [6, 6.07) is 4.02. The molecule has 1 amide bonds. The standard InChI is InChI=1S/C15H23N3O/c1-3-5-8-18(13-6-7-13)15(19)11-9-12(4-2)17-14(16)10-11/h9-10,13H,3-8H2,1-2H3,(H2,16,17). The smallest absolute Gasteiger partial charge is 0.254 e. The van der Waals surface area contributed by atoms with Gasteiger partial charge in [0, 0.05) is 23.8 Å². The summed E-state index contributed by atoms with van der Waals surface area (Å²) in [5.41, 5.74) is 7.35. The van der Waals surface area contributed by atoms with Gasteiger partial charge in [0.25, 0.3) is 5.91 Å². The van der Waals surface area contributed by atoms with Crippen molar-refractivity contribution in [2.24, 2.45) is 0 Å². The molecule has 2 N–H and O–H groups in total. The number of aromatic nitrogens is 1. The van der Waals surface area contributed by atoms with Gasteiger partial charge in [0.15, 0.2) is 0 Å². The number of carbonyl (C=O) groups excluding carboxylic acids is 1. The molecule has 0 aromatic carbocycles. The number of carbonyl (C=O) groups is 1. The second kappa shape index (κ2) is 6.04. The third-order valence-electron chi connectivity index (χ3n) is 3.51. The van der Waals surface area contributed by atoms with E-state index in [1.54, 1.807) is 6.07 Å². The first-order valence-corrected chi connectivity index (χ1v) is 7.23. The minimum atomic E-state index is 0.111. The largest absolute Gasteiger partial charge is 0.384 e. The minimum absolute atomic E-state index is 0.111. The van der Waals surface area contributed by atoms with E-state index >= 15 is 0 Å². The number of hydrogen-bond acceptors (Lipinski definition) is 3. The van der Waals surface area contributed by atoms with Gasteiger partial charge in [-0.2, -0.15) is 0 Å². The van der Waals surface area contributed by atoms with Gasteiger partial charge < -0.3 is 10.6 Å². The Kier molecular flexibility index (Phi) is 4.40. The topological polar surface area (TPSA) is 59.2 Å². The van der Waals surface area contributed by atoms with Crippen LogP contribution in [-0.4, -0.2) is 28.4 Å². The van der Waals surface area contributed by atoms with Crippen LogP contribution in [0, 0.1) is 0 Å². The van der Waals surface area contributed by atoms with E-state index in [2.05, 4.69) is 11.9 Å². The molecule has 0 bridgehead atoms. The van der Waals surface area contributed by atoms with Crippen LogP contribution in [0.1, 0.15) is 55.6 Å². The zero-order valence-electron chi connectivity index (χ0n) is 11.9. The normalized spacial score (nSPS) is 14.4. The summed E-state index contributed by atoms with van der Waals surface area (Å²) in [6.45, 7) is 5.02. The molecule has 0 radical (unpaired) electrons. The molecule has 1 aliphatic carbocycles. The van der Waals surface area contributed by atoms with Crippen molar-refractivity contribution < 1.29 is 4.79 Å². The molecular weight excluding hydrogens is 238 g/mol. The maximum Gasteiger partial charge on any atom is 0.254 e. The highest BCUT2D eigenvalue weighted by Crippen LogP contribution is 2.29. The highest BCUT2D eigenvalue weighted by atomic mass is 16.2. The van der Waals surface area contributed by atoms with Crippen molar-refractivity contribution >= 4 is 11.7 Å². The molecule has 0 unspecified atom stereocenters. The van der Waals surface area contributed by atoms with Crippen molar-refractivity contribution in [2.45, 2.75) is 52.0 Å². The fourth-order valence-electron chi connectivity index (χ4n) is 2.25. The average molecular weight is 261 g/mol. The van der Waals surface area contributed by atoms with Crippen molar-refractivity contribution in [3.63, 3.8) is 0 Å². The van der Waals surface area contributed by atoms with Gasteiger partial charge in [-0.1, -0.05) is 20.3 Å². The first kappa shape index (κ1) is 13.8. The minimum Gasteiger partial charge on any atom is -0.384 e. The number of nitrogens with two attached hydrogens (primary N) is 1. The Morgan fingerprint density at radius 3 is 2.74 bits per heavy atom. The number of rotatable bonds is 6. The zero-order chi connectivity index (χ0) is 13.8. The Morgan fingerprint density at radius 1 is 1.42 bits per heavy atom. The van der Waals surface area contributed by atoms with Crippen LogP contribution in [0.4, 0.5) is 5.82 Å². The van der Waals surface area contributed by atoms with Gasteiger partial charge in [-0.3, -0.25) is 4.79 Å². The van der Waals surface area contributed by atoms with E-state index in [4.69, 9.17) is 5.73 Å². The van der Waals surface area contributed by atoms with Crippen LogP contribution in [0.15, 0.2) is 12.1 Å². The number of aryl methyl sites for hydroxylation is 1. The molecule has 1 fully saturated rings. The summed E-state index contributed by atoms with van der Waals surface area (Å²) in [4.78, 5) is 18.8. The lowest BCUT2D eigenvalue weighted by molar-refractivity contribution is 0.0740. The third kappa shape index (κ3) is 3.46. The molecule has 0 atom stereocenters. The predicted molar refractivity (Wildman–Crippen MR) is 77.0 cm³/mol. The van der Waals surface area contributed by atoms with Gasteiger partial charge in [-0.25, -0.2) is 4.98 Å². The zero-order valence-corrected chi connectivity index (χ0v) is 11.9. The van der Waals surface area contributed by atoms with Crippen molar-refractivity contribution in [3.05, 3.63) is 23.4 Å². The Balaban J connectivity index is 2.18. The van der Waals surface area contributed by atoms with E-state index in [1.165, 1.54) is 0 Å². The van der Waals surface area contributed by atoms with Crippen LogP contribution in [0.5, 0.6) is 0 Å². The number of unbranched alkanes of at least 4 members (excludes halogenated alkanes) is 1. The molecule has 4 nitrogen and oxygen atoms in total. The molecule has 0 saturated heterocycles. The second-order valence-corrected chi connectivity index (χ2v) is 5.21. The SMILES string of the molecule is CCCCN(C(=O)c1cc(N)nc(CC)c1)C1CC1. The summed E-state index contributed by atoms with van der Waals surface area (Å²) in [7, 11) is 0. The quantitative estimate of drug-likeness (QED) is 0.856. The van der Waals surface area contributed by atoms with Gasteiger partial charge in [-0.05, 0) is 37.8 Å². The summed E-state index contributed by atoms with van der Waals surface area (Å²) < 4.78 is 0. The van der Waals surface area contributed by atoms with Crippen LogP contribution in [0.25, 0.3) is 0 Å². The molecule has 1 saturated carbocycles. The average Bonchev–Trinajstić information content (AvgIpc) is 3.22. The highest BCUT2D eigenvalue weighted by Gasteiger charge is 2.32. The number of nitrogens with zero attached hydrogens (tertiary/aromatic N) is 2. The Hall–Kier alpha value is -1.58. The van der Waals surface area contributed by atoms with Crippen LogP contribution >= 0.6 is 0 Å². The molecule has 104 valence electrons. The summed E-state index contributed by atoms with van der Waals surface area (Å²) in [5, 5.41) is 0. The lowest BCUT2D eigenvalue weighted by Gasteiger charge is -2.22. The van der Waals surface area contributed by atoms with Gasteiger partial charge in [0.1, 0.15) is 5.82 Å². The van der Waals surface area contributed by atoms with Crippen LogP contribution in [0.3, 0.4) is 0 Å². The van der Waals surface area contributed by atoms with Gasteiger partial charge in [0.05, 0.1) is 0 Å². The van der Waals surface area contributed by atoms with E-state index in [9.17, 15) is 4.79 Å². The van der Waals surface area contributed by atoms with Crippen molar-refractivity contribution in [1.82, 2.24) is 9.88 Å². The maximum atomic E-state index is 12.6. The number of amides is 1. The summed E-state index contributed by atoms with van der Waals surface area (Å²) >= 11 is 0. The lowest BCUT2D eigenvalue weighted by Crippen LogP contribution is -2.34. The molecule has 1 aromatic rings. The monoisotopic (exact) mass is 261 g/mol. The van der Waals surface area contributed by atoms with Crippen molar-refractivity contribution in [1.29, 1.82) is 0 Å². The van der Waals surface area contributed by atoms with E-state index in [0.717, 1.165) is 44.3 Å². The highest BCUT2D eigenvalue weighted by molar-refractivity contribution is 5.95. The van der Waals surface area contributed by atoms with E-state index < -0.39 is 0 Å². The third-order valence-corrected chi connectivity index (χ3v) is 3.51. The lowest BCUT2D eigenvalue weighted by atomic mass is 10.1. The number of hydrogen-bond donors (Lipinski definition) is 1. The first-order chi connectivity index (χ1) is 9.15. The maximum absolute atomic E-state index is 12.6. The molecule has 1 aliphatic rings. The molecule has 1 heterocycles. The summed E-state index contributed by atoms with van der Waals surface area (Å²) in [6.07, 6.45) is 5.23. The molecule has 2 rings (SSSR count). The van der Waals surface area contributed by atoms with E-state index in [1.807, 2.05) is 17.9 Å². The number of anilines is 1. The van der Waals surface area contributed by atoms with Gasteiger partial charge in [-0.15, -0.1) is 0 Å². The molecular formula is C15H23N3O. The first-order valence-electron chi connectivity index (χ1n) is 7.23. The Bertz CT molecular complexity index is 455. The second-order valence-electron chi connectivity index (χ2n) is 5.21. The predicted octanol–water partition coefficient (Wildman–Crippen LogP) is 2.63. The molecule has 0 aliphatic heterocycles. The molecule has 1 aromatic heterocycles. The van der Waals surface area contributed by atoms with Crippen LogP contribution in [-0.2, 0) is 6.42 Å². The fraction of sp³-hybridized carbons (Fsp3) is 0.600. The fourth-order valence-corrected chi connectivity index (χ4v) is 2.25. The van der Waals surface area contributed by atoms with E-state index in [0.29, 0.717) is 17.4 Å². The summed E-state index contributed by atoms with van der Waals surface area (Å²) in [5.74, 6) is 0.550. The van der Waals surface area contributed by atoms with Crippen LogP contribution in [0.2, 0.25) is 0 Å². The van der Waals surface area contributed by atoms with Crippen molar-refractivity contribution in [2.75, 3.05) is 12.3 Å². The number of nitrogen functional groups attached to an aromatic ring is 1. The van der Waals surface area contributed by atoms with E-state index in [-0.39, 0.29) is 5.91 Å². The van der Waals surface area contributed by atoms with Crippen molar-refractivity contribution in [3.8, 4) is 0 Å².